The molecule has 0 bridgehead atoms. The molecule has 21 heavy (non-hydrogen) atoms. The van der Waals surface area contributed by atoms with Crippen molar-refractivity contribution in [3.05, 3.63) is 31.9 Å². The Kier molecular flexibility index (Phi) is 4.63. The number of anilines is 1. The molecule has 2 saturated heterocycles. The highest BCUT2D eigenvalue weighted by atomic mass is 127. The molecule has 0 spiro atoms. The highest BCUT2D eigenvalue weighted by Crippen LogP contribution is 2.36. The Morgan fingerprint density at radius 2 is 2.14 bits per heavy atom. The molecule has 2 heterocycles. The number of benzene rings is 1. The van der Waals surface area contributed by atoms with Crippen LogP contribution in [-0.4, -0.2) is 30.1 Å². The van der Waals surface area contributed by atoms with Crippen LogP contribution in [0.25, 0.3) is 0 Å². The minimum atomic E-state index is -0.245. The number of hydrogen-bond acceptors (Lipinski definition) is 4. The zero-order valence-corrected chi connectivity index (χ0v) is 14.1. The van der Waals surface area contributed by atoms with E-state index in [0.29, 0.717) is 12.1 Å². The second kappa shape index (κ2) is 6.48. The van der Waals surface area contributed by atoms with E-state index in [4.69, 9.17) is 0 Å². The molecule has 0 aliphatic carbocycles. The Morgan fingerprint density at radius 3 is 2.86 bits per heavy atom. The average Bonchev–Trinajstić information content (AvgIpc) is 3.01. The van der Waals surface area contributed by atoms with Crippen LogP contribution < -0.4 is 10.2 Å². The van der Waals surface area contributed by atoms with Crippen molar-refractivity contribution < 1.29 is 4.92 Å². The highest BCUT2D eigenvalue weighted by Gasteiger charge is 2.34. The van der Waals surface area contributed by atoms with E-state index in [1.807, 2.05) is 12.1 Å². The van der Waals surface area contributed by atoms with Gasteiger partial charge in [-0.15, -0.1) is 0 Å². The lowest BCUT2D eigenvalue weighted by Crippen LogP contribution is -2.50. The zero-order valence-electron chi connectivity index (χ0n) is 11.9. The van der Waals surface area contributed by atoms with Gasteiger partial charge < -0.3 is 10.2 Å². The molecule has 0 radical (unpaired) electrons. The van der Waals surface area contributed by atoms with Crippen LogP contribution in [0.1, 0.15) is 32.1 Å². The van der Waals surface area contributed by atoms with Gasteiger partial charge in [0.05, 0.1) is 4.92 Å². The summed E-state index contributed by atoms with van der Waals surface area (Å²) in [6.45, 7) is 1.99. The number of piperidine rings is 1. The summed E-state index contributed by atoms with van der Waals surface area (Å²) >= 11 is 2.13. The molecule has 2 aliphatic rings. The lowest BCUT2D eigenvalue weighted by molar-refractivity contribution is -0.384. The Hall–Kier alpha value is -0.890. The summed E-state index contributed by atoms with van der Waals surface area (Å²) < 4.78 is 0.913. The molecular formula is C15H20IN3O2. The molecule has 1 N–H and O–H groups in total. The van der Waals surface area contributed by atoms with Gasteiger partial charge in [0, 0.05) is 28.3 Å². The van der Waals surface area contributed by atoms with Gasteiger partial charge in [-0.1, -0.05) is 0 Å². The lowest BCUT2D eigenvalue weighted by Gasteiger charge is -2.40. The number of hydrogen-bond donors (Lipinski definition) is 1. The number of nitrogens with zero attached hydrogens (tertiary/aromatic N) is 2. The minimum absolute atomic E-state index is 0.242. The first kappa shape index (κ1) is 15.0. The van der Waals surface area contributed by atoms with Crippen LogP contribution in [0.5, 0.6) is 0 Å². The van der Waals surface area contributed by atoms with Gasteiger partial charge in [-0.3, -0.25) is 10.1 Å². The third kappa shape index (κ3) is 3.15. The second-order valence-corrected chi connectivity index (χ2v) is 7.10. The Bertz CT molecular complexity index is 532. The maximum Gasteiger partial charge on any atom is 0.293 e. The first-order valence-electron chi connectivity index (χ1n) is 7.61. The SMILES string of the molecule is O=[N+]([O-])c1cc(I)ccc1N1CCCCC1C1CCCN1. The van der Waals surface area contributed by atoms with E-state index in [-0.39, 0.29) is 10.6 Å². The first-order chi connectivity index (χ1) is 10.2. The summed E-state index contributed by atoms with van der Waals surface area (Å²) in [7, 11) is 0. The summed E-state index contributed by atoms with van der Waals surface area (Å²) in [5.74, 6) is 0. The van der Waals surface area contributed by atoms with Gasteiger partial charge >= 0.3 is 0 Å². The fourth-order valence-corrected chi connectivity index (χ4v) is 4.08. The van der Waals surface area contributed by atoms with Crippen molar-refractivity contribution in [2.24, 2.45) is 0 Å². The van der Waals surface area contributed by atoms with E-state index in [9.17, 15) is 10.1 Å². The molecule has 0 saturated carbocycles. The van der Waals surface area contributed by atoms with Crippen molar-refractivity contribution in [2.75, 3.05) is 18.0 Å². The van der Waals surface area contributed by atoms with E-state index in [1.165, 1.54) is 19.3 Å². The van der Waals surface area contributed by atoms with Crippen molar-refractivity contribution in [3.8, 4) is 0 Å². The normalized spacial score (nSPS) is 26.0. The van der Waals surface area contributed by atoms with Crippen LogP contribution >= 0.6 is 22.6 Å². The van der Waals surface area contributed by atoms with Crippen molar-refractivity contribution in [1.29, 1.82) is 0 Å². The van der Waals surface area contributed by atoms with E-state index >= 15 is 0 Å². The molecule has 6 heteroatoms. The number of halogens is 1. The van der Waals surface area contributed by atoms with Crippen LogP contribution in [0.4, 0.5) is 11.4 Å². The highest BCUT2D eigenvalue weighted by molar-refractivity contribution is 14.1. The van der Waals surface area contributed by atoms with Crippen LogP contribution in [-0.2, 0) is 0 Å². The maximum absolute atomic E-state index is 11.4. The summed E-state index contributed by atoms with van der Waals surface area (Å²) in [5.41, 5.74) is 1.03. The standard InChI is InChI=1S/C15H20IN3O2/c16-11-6-7-14(15(10-11)19(20)21)18-9-2-1-5-13(18)12-4-3-8-17-12/h6-7,10,12-13,17H,1-5,8-9H2. The molecule has 2 atom stereocenters. The molecule has 2 fully saturated rings. The van der Waals surface area contributed by atoms with Gasteiger partial charge in [0.25, 0.3) is 5.69 Å². The maximum atomic E-state index is 11.4. The smallest absolute Gasteiger partial charge is 0.293 e. The topological polar surface area (TPSA) is 58.4 Å². The molecule has 114 valence electrons. The predicted molar refractivity (Wildman–Crippen MR) is 91.8 cm³/mol. The molecular weight excluding hydrogens is 381 g/mol. The third-order valence-electron chi connectivity index (χ3n) is 4.56. The monoisotopic (exact) mass is 401 g/mol. The Labute approximate surface area is 138 Å². The quantitative estimate of drug-likeness (QED) is 0.480. The molecule has 0 aromatic heterocycles. The molecule has 2 aliphatic heterocycles. The summed E-state index contributed by atoms with van der Waals surface area (Å²) in [6, 6.07) is 6.44. The average molecular weight is 401 g/mol. The fraction of sp³-hybridized carbons (Fsp3) is 0.600. The minimum Gasteiger partial charge on any atom is -0.361 e. The third-order valence-corrected chi connectivity index (χ3v) is 5.23. The largest absolute Gasteiger partial charge is 0.361 e. The van der Waals surface area contributed by atoms with Gasteiger partial charge in [-0.25, -0.2) is 0 Å². The summed E-state index contributed by atoms with van der Waals surface area (Å²) in [6.07, 6.45) is 5.85. The first-order valence-corrected chi connectivity index (χ1v) is 8.68. The predicted octanol–water partition coefficient (Wildman–Crippen LogP) is 3.31. The van der Waals surface area contributed by atoms with Crippen molar-refractivity contribution in [3.63, 3.8) is 0 Å². The Morgan fingerprint density at radius 1 is 1.29 bits per heavy atom. The van der Waals surface area contributed by atoms with Crippen LogP contribution in [0.3, 0.4) is 0 Å². The number of nitrogens with one attached hydrogen (secondary N) is 1. The van der Waals surface area contributed by atoms with E-state index < -0.39 is 0 Å². The second-order valence-electron chi connectivity index (χ2n) is 5.85. The molecule has 5 nitrogen and oxygen atoms in total. The van der Waals surface area contributed by atoms with Crippen molar-refractivity contribution in [1.82, 2.24) is 5.32 Å². The van der Waals surface area contributed by atoms with Gasteiger partial charge in [-0.05, 0) is 73.4 Å². The van der Waals surface area contributed by atoms with Crippen LogP contribution in [0.2, 0.25) is 0 Å². The number of nitro groups is 1. The van der Waals surface area contributed by atoms with Gasteiger partial charge in [-0.2, -0.15) is 0 Å². The van der Waals surface area contributed by atoms with E-state index in [1.54, 1.807) is 6.07 Å². The molecule has 1 aromatic carbocycles. The van der Waals surface area contributed by atoms with Crippen molar-refractivity contribution in [2.45, 2.75) is 44.2 Å². The molecule has 3 rings (SSSR count). The van der Waals surface area contributed by atoms with Gasteiger partial charge in [0.1, 0.15) is 5.69 Å². The van der Waals surface area contributed by atoms with Gasteiger partial charge in [0.2, 0.25) is 0 Å². The van der Waals surface area contributed by atoms with E-state index in [0.717, 1.165) is 35.2 Å². The summed E-state index contributed by atoms with van der Waals surface area (Å²) in [4.78, 5) is 13.4. The van der Waals surface area contributed by atoms with E-state index in [2.05, 4.69) is 32.8 Å². The zero-order chi connectivity index (χ0) is 14.8. The summed E-state index contributed by atoms with van der Waals surface area (Å²) in [5, 5.41) is 15.0. The Balaban J connectivity index is 1.94. The molecule has 0 amide bonds. The fourth-order valence-electron chi connectivity index (χ4n) is 3.60. The molecule has 1 aromatic rings. The number of rotatable bonds is 3. The number of nitro benzene ring substituents is 1. The van der Waals surface area contributed by atoms with Crippen molar-refractivity contribution >= 4 is 34.0 Å². The lowest BCUT2D eigenvalue weighted by atomic mass is 9.93. The van der Waals surface area contributed by atoms with Gasteiger partial charge in [0.15, 0.2) is 0 Å². The molecule has 2 unspecified atom stereocenters. The van der Waals surface area contributed by atoms with Crippen LogP contribution in [0.15, 0.2) is 18.2 Å². The van der Waals surface area contributed by atoms with Crippen LogP contribution in [0, 0.1) is 13.7 Å².